The minimum atomic E-state index is -0.503. The molecule has 2 heterocycles. The summed E-state index contributed by atoms with van der Waals surface area (Å²) >= 11 is 0. The maximum atomic E-state index is 12.5. The summed E-state index contributed by atoms with van der Waals surface area (Å²) in [6.07, 6.45) is 3.61. The Hall–Kier alpha value is -3.35. The average molecular weight is 338 g/mol. The van der Waals surface area contributed by atoms with Crippen molar-refractivity contribution in [2.45, 2.75) is 6.42 Å². The molecule has 0 N–H and O–H groups in total. The van der Waals surface area contributed by atoms with Crippen molar-refractivity contribution in [1.82, 2.24) is 0 Å². The van der Waals surface area contributed by atoms with Gasteiger partial charge < -0.3 is 14.4 Å². The molecular formula is C18H14N2O5. The molecule has 7 heteroatoms. The van der Waals surface area contributed by atoms with Crippen LogP contribution in [-0.4, -0.2) is 24.2 Å². The number of nitro benzene ring substituents is 1. The van der Waals surface area contributed by atoms with E-state index in [1.165, 1.54) is 24.3 Å². The second-order valence-electron chi connectivity index (χ2n) is 5.72. The predicted octanol–water partition coefficient (Wildman–Crippen LogP) is 2.93. The minimum absolute atomic E-state index is 0.0309. The van der Waals surface area contributed by atoms with Crippen LogP contribution in [0.3, 0.4) is 0 Å². The molecule has 0 saturated heterocycles. The number of carbonyl (C=O) groups excluding carboxylic acids is 1. The zero-order chi connectivity index (χ0) is 17.4. The molecule has 2 aliphatic heterocycles. The van der Waals surface area contributed by atoms with Crippen molar-refractivity contribution in [1.29, 1.82) is 0 Å². The lowest BCUT2D eigenvalue weighted by molar-refractivity contribution is -0.385. The molecule has 0 bridgehead atoms. The first-order valence-electron chi connectivity index (χ1n) is 7.79. The van der Waals surface area contributed by atoms with Crippen LogP contribution in [-0.2, 0) is 11.2 Å². The minimum Gasteiger partial charge on any atom is -0.454 e. The normalized spacial score (nSPS) is 14.8. The standard InChI is InChI=1S/C18H14N2O5/c21-18(19-8-7-12-3-1-2-4-14(12)19)6-5-13-9-16-17(25-11-24-16)10-15(13)20(22)23/h1-6,9-10H,7-8,11H2/b6-5+. The third kappa shape index (κ3) is 2.69. The lowest BCUT2D eigenvalue weighted by atomic mass is 10.1. The number of ether oxygens (including phenoxy) is 2. The SMILES string of the molecule is O=C(/C=C/c1cc2c(cc1[N+](=O)[O-])OCO2)N1CCc2ccccc21. The van der Waals surface area contributed by atoms with Gasteiger partial charge in [-0.1, -0.05) is 18.2 Å². The molecule has 0 saturated carbocycles. The molecule has 25 heavy (non-hydrogen) atoms. The van der Waals surface area contributed by atoms with Crippen LogP contribution in [0.25, 0.3) is 6.08 Å². The highest BCUT2D eigenvalue weighted by Gasteiger charge is 2.24. The first-order valence-corrected chi connectivity index (χ1v) is 7.79. The Bertz CT molecular complexity index is 906. The number of para-hydroxylation sites is 1. The van der Waals surface area contributed by atoms with Crippen LogP contribution in [0.15, 0.2) is 42.5 Å². The van der Waals surface area contributed by atoms with Gasteiger partial charge in [0.05, 0.1) is 16.6 Å². The summed E-state index contributed by atoms with van der Waals surface area (Å²) in [4.78, 5) is 24.9. The van der Waals surface area contributed by atoms with Gasteiger partial charge in [0.1, 0.15) is 0 Å². The third-order valence-corrected chi connectivity index (χ3v) is 4.28. The molecule has 0 spiro atoms. The van der Waals surface area contributed by atoms with Gasteiger partial charge in [0.2, 0.25) is 6.79 Å². The Morgan fingerprint density at radius 2 is 1.96 bits per heavy atom. The van der Waals surface area contributed by atoms with E-state index in [4.69, 9.17) is 9.47 Å². The van der Waals surface area contributed by atoms with E-state index in [0.29, 0.717) is 23.6 Å². The van der Waals surface area contributed by atoms with E-state index in [1.54, 1.807) is 4.90 Å². The van der Waals surface area contributed by atoms with Crippen molar-refractivity contribution in [2.24, 2.45) is 0 Å². The highest BCUT2D eigenvalue weighted by molar-refractivity contribution is 6.05. The zero-order valence-corrected chi connectivity index (χ0v) is 13.2. The van der Waals surface area contributed by atoms with Crippen molar-refractivity contribution in [2.75, 3.05) is 18.2 Å². The molecule has 4 rings (SSSR count). The molecular weight excluding hydrogens is 324 g/mol. The Balaban J connectivity index is 1.62. The van der Waals surface area contributed by atoms with Crippen LogP contribution in [0, 0.1) is 10.1 Å². The van der Waals surface area contributed by atoms with Gasteiger partial charge >= 0.3 is 0 Å². The van der Waals surface area contributed by atoms with Gasteiger partial charge in [0, 0.05) is 18.3 Å². The summed E-state index contributed by atoms with van der Waals surface area (Å²) in [6.45, 7) is 0.634. The Morgan fingerprint density at radius 1 is 1.20 bits per heavy atom. The fraction of sp³-hybridized carbons (Fsp3) is 0.167. The average Bonchev–Trinajstić information content (AvgIpc) is 3.24. The highest BCUT2D eigenvalue weighted by atomic mass is 16.7. The highest BCUT2D eigenvalue weighted by Crippen LogP contribution is 2.38. The molecule has 0 aliphatic carbocycles. The van der Waals surface area contributed by atoms with E-state index in [1.807, 2.05) is 24.3 Å². The summed E-state index contributed by atoms with van der Waals surface area (Å²) in [7, 11) is 0. The number of nitrogens with zero attached hydrogens (tertiary/aromatic N) is 2. The topological polar surface area (TPSA) is 81.9 Å². The van der Waals surface area contributed by atoms with Crippen LogP contribution in [0.1, 0.15) is 11.1 Å². The van der Waals surface area contributed by atoms with Crippen molar-refractivity contribution < 1.29 is 19.2 Å². The first-order chi connectivity index (χ1) is 12.1. The second kappa shape index (κ2) is 5.94. The van der Waals surface area contributed by atoms with E-state index in [-0.39, 0.29) is 18.4 Å². The molecule has 0 radical (unpaired) electrons. The number of fused-ring (bicyclic) bond motifs is 2. The second-order valence-corrected chi connectivity index (χ2v) is 5.72. The molecule has 126 valence electrons. The van der Waals surface area contributed by atoms with Gasteiger partial charge in [-0.15, -0.1) is 0 Å². The van der Waals surface area contributed by atoms with Gasteiger partial charge in [-0.25, -0.2) is 0 Å². The maximum absolute atomic E-state index is 12.5. The lowest BCUT2D eigenvalue weighted by Gasteiger charge is -2.14. The van der Waals surface area contributed by atoms with Crippen LogP contribution < -0.4 is 14.4 Å². The Kier molecular flexibility index (Phi) is 3.61. The summed E-state index contributed by atoms with van der Waals surface area (Å²) in [5, 5.41) is 11.3. The van der Waals surface area contributed by atoms with Gasteiger partial charge in [-0.3, -0.25) is 14.9 Å². The van der Waals surface area contributed by atoms with Crippen LogP contribution in [0.5, 0.6) is 11.5 Å². The number of hydrogen-bond acceptors (Lipinski definition) is 5. The van der Waals surface area contributed by atoms with Gasteiger partial charge in [0.15, 0.2) is 11.5 Å². The number of rotatable bonds is 3. The molecule has 2 aromatic carbocycles. The van der Waals surface area contributed by atoms with Crippen molar-refractivity contribution >= 4 is 23.4 Å². The maximum Gasteiger partial charge on any atom is 0.280 e. The number of hydrogen-bond donors (Lipinski definition) is 0. The Labute approximate surface area is 143 Å². The van der Waals surface area contributed by atoms with Crippen LogP contribution in [0.2, 0.25) is 0 Å². The third-order valence-electron chi connectivity index (χ3n) is 4.28. The number of nitro groups is 1. The lowest BCUT2D eigenvalue weighted by Crippen LogP contribution is -2.26. The molecule has 0 unspecified atom stereocenters. The molecule has 7 nitrogen and oxygen atoms in total. The van der Waals surface area contributed by atoms with E-state index in [0.717, 1.165) is 17.7 Å². The number of anilines is 1. The fourth-order valence-electron chi connectivity index (χ4n) is 3.06. The van der Waals surface area contributed by atoms with Gasteiger partial charge in [0.25, 0.3) is 11.6 Å². The number of amides is 1. The monoisotopic (exact) mass is 338 g/mol. The van der Waals surface area contributed by atoms with E-state index >= 15 is 0 Å². The smallest absolute Gasteiger partial charge is 0.280 e. The van der Waals surface area contributed by atoms with E-state index < -0.39 is 4.92 Å². The molecule has 2 aliphatic rings. The van der Waals surface area contributed by atoms with Crippen molar-refractivity contribution in [3.63, 3.8) is 0 Å². The van der Waals surface area contributed by atoms with Gasteiger partial charge in [-0.05, 0) is 30.2 Å². The van der Waals surface area contributed by atoms with E-state index in [9.17, 15) is 14.9 Å². The molecule has 2 aromatic rings. The first kappa shape index (κ1) is 15.2. The summed E-state index contributed by atoms with van der Waals surface area (Å²) < 4.78 is 10.4. The number of carbonyl (C=O) groups is 1. The summed E-state index contributed by atoms with van der Waals surface area (Å²) in [5.41, 5.74) is 2.18. The van der Waals surface area contributed by atoms with Crippen LogP contribution in [0.4, 0.5) is 11.4 Å². The van der Waals surface area contributed by atoms with Crippen molar-refractivity contribution in [3.05, 3.63) is 63.7 Å². The zero-order valence-electron chi connectivity index (χ0n) is 13.2. The van der Waals surface area contributed by atoms with Crippen molar-refractivity contribution in [3.8, 4) is 11.5 Å². The fourth-order valence-corrected chi connectivity index (χ4v) is 3.06. The number of benzene rings is 2. The molecule has 1 amide bonds. The summed E-state index contributed by atoms with van der Waals surface area (Å²) in [6, 6.07) is 10.6. The molecule has 0 atom stereocenters. The molecule has 0 fully saturated rings. The largest absolute Gasteiger partial charge is 0.454 e. The Morgan fingerprint density at radius 3 is 2.76 bits per heavy atom. The van der Waals surface area contributed by atoms with Crippen LogP contribution >= 0.6 is 0 Å². The quantitative estimate of drug-likeness (QED) is 0.488. The summed E-state index contributed by atoms with van der Waals surface area (Å²) in [5.74, 6) is 0.560. The van der Waals surface area contributed by atoms with Gasteiger partial charge in [-0.2, -0.15) is 0 Å². The van der Waals surface area contributed by atoms with E-state index in [2.05, 4.69) is 0 Å². The molecule has 0 aromatic heterocycles. The predicted molar refractivity (Wildman–Crippen MR) is 90.8 cm³/mol.